The summed E-state index contributed by atoms with van der Waals surface area (Å²) in [5, 5.41) is 23.3. The third-order valence-corrected chi connectivity index (χ3v) is 4.75. The van der Waals surface area contributed by atoms with Crippen molar-refractivity contribution in [2.75, 3.05) is 0 Å². The number of aliphatic carboxylic acids is 2. The maximum Gasteiger partial charge on any atom is 0.333 e. The van der Waals surface area contributed by atoms with E-state index in [0.29, 0.717) is 15.6 Å². The Morgan fingerprint density at radius 1 is 1.50 bits per heavy atom. The fraction of sp³-hybridized carbons (Fsp3) is 0.385. The summed E-state index contributed by atoms with van der Waals surface area (Å²) in [6.07, 6.45) is 0.137. The lowest BCUT2D eigenvalue weighted by Crippen LogP contribution is -2.53. The molecule has 7 heteroatoms. The van der Waals surface area contributed by atoms with Crippen molar-refractivity contribution in [1.29, 1.82) is 0 Å². The highest BCUT2D eigenvalue weighted by Crippen LogP contribution is 2.42. The van der Waals surface area contributed by atoms with E-state index in [9.17, 15) is 19.8 Å². The molecule has 1 aliphatic heterocycles. The summed E-state index contributed by atoms with van der Waals surface area (Å²) >= 11 is 7.40. The Balaban J connectivity index is 2.56. The van der Waals surface area contributed by atoms with E-state index in [-0.39, 0.29) is 12.0 Å². The zero-order valence-corrected chi connectivity index (χ0v) is 12.5. The van der Waals surface area contributed by atoms with Crippen LogP contribution in [-0.2, 0) is 9.59 Å². The molecule has 2 rings (SSSR count). The Morgan fingerprint density at radius 2 is 2.15 bits per heavy atom. The zero-order chi connectivity index (χ0) is 15.1. The van der Waals surface area contributed by atoms with Gasteiger partial charge in [-0.3, -0.25) is 0 Å². The van der Waals surface area contributed by atoms with Crippen LogP contribution in [0.25, 0.3) is 0 Å². The second kappa shape index (κ2) is 5.10. The summed E-state index contributed by atoms with van der Waals surface area (Å²) in [7, 11) is 0. The predicted octanol–water partition coefficient (Wildman–Crippen LogP) is 2.68. The Labute approximate surface area is 124 Å². The van der Waals surface area contributed by atoms with Crippen molar-refractivity contribution in [1.82, 2.24) is 5.32 Å². The van der Waals surface area contributed by atoms with Crippen LogP contribution in [0.3, 0.4) is 0 Å². The largest absolute Gasteiger partial charge is 0.480 e. The molecule has 5 nitrogen and oxygen atoms in total. The number of carbonyl (C=O) groups is 2. The van der Waals surface area contributed by atoms with Crippen LogP contribution in [0, 0.1) is 0 Å². The van der Waals surface area contributed by atoms with Crippen molar-refractivity contribution in [3.05, 3.63) is 32.6 Å². The summed E-state index contributed by atoms with van der Waals surface area (Å²) in [6, 6.07) is 1.75. The van der Waals surface area contributed by atoms with Gasteiger partial charge in [0.1, 0.15) is 5.54 Å². The average Bonchev–Trinajstić information content (AvgIpc) is 2.73. The van der Waals surface area contributed by atoms with E-state index in [1.807, 2.05) is 0 Å². The smallest absolute Gasteiger partial charge is 0.333 e. The van der Waals surface area contributed by atoms with E-state index >= 15 is 0 Å². The molecule has 0 spiro atoms. The van der Waals surface area contributed by atoms with Gasteiger partial charge in [0, 0.05) is 11.6 Å². The molecule has 20 heavy (non-hydrogen) atoms. The molecule has 0 amide bonds. The van der Waals surface area contributed by atoms with E-state index in [1.165, 1.54) is 11.3 Å². The SMILES string of the molecule is CC1=C(C(=O)O)C(c2ccsc2Cl)CC(C)(C(=O)O)N1. The third kappa shape index (κ3) is 2.41. The van der Waals surface area contributed by atoms with Gasteiger partial charge in [-0.1, -0.05) is 11.6 Å². The number of hydrogen-bond donors (Lipinski definition) is 3. The van der Waals surface area contributed by atoms with Crippen LogP contribution in [0.1, 0.15) is 31.7 Å². The standard InChI is InChI=1S/C13H14ClNO4S/c1-6-9(11(16)17)8(7-3-4-20-10(7)14)5-13(2,15-6)12(18)19/h3-4,8,15H,5H2,1-2H3,(H,16,17)(H,18,19). The number of carboxylic acid groups (broad SMARTS) is 2. The highest BCUT2D eigenvalue weighted by Gasteiger charge is 2.44. The first kappa shape index (κ1) is 14.9. The number of rotatable bonds is 3. The molecule has 0 aliphatic carbocycles. The van der Waals surface area contributed by atoms with E-state index in [0.717, 1.165) is 0 Å². The summed E-state index contributed by atoms with van der Waals surface area (Å²) in [6.45, 7) is 3.13. The van der Waals surface area contributed by atoms with Crippen LogP contribution in [0.4, 0.5) is 0 Å². The Bertz CT molecular complexity index is 609. The normalized spacial score (nSPS) is 26.2. The molecule has 0 radical (unpaired) electrons. The maximum absolute atomic E-state index is 11.5. The first-order valence-corrected chi connectivity index (χ1v) is 7.20. The second-order valence-electron chi connectivity index (χ2n) is 5.01. The highest BCUT2D eigenvalue weighted by atomic mass is 35.5. The molecule has 2 atom stereocenters. The number of halogens is 1. The maximum atomic E-state index is 11.5. The summed E-state index contributed by atoms with van der Waals surface area (Å²) in [5.41, 5.74) is -0.00812. The number of hydrogen-bond acceptors (Lipinski definition) is 4. The number of carboxylic acids is 2. The summed E-state index contributed by atoms with van der Waals surface area (Å²) in [4.78, 5) is 22.9. The highest BCUT2D eigenvalue weighted by molar-refractivity contribution is 7.14. The van der Waals surface area contributed by atoms with Gasteiger partial charge in [0.2, 0.25) is 0 Å². The summed E-state index contributed by atoms with van der Waals surface area (Å²) in [5.74, 6) is -2.61. The molecule has 0 saturated carbocycles. The van der Waals surface area contributed by atoms with Crippen molar-refractivity contribution in [2.45, 2.75) is 31.7 Å². The second-order valence-corrected chi connectivity index (χ2v) is 6.53. The topological polar surface area (TPSA) is 86.6 Å². The van der Waals surface area contributed by atoms with Crippen LogP contribution in [0.2, 0.25) is 4.34 Å². The quantitative estimate of drug-likeness (QED) is 0.798. The van der Waals surface area contributed by atoms with Crippen LogP contribution in [-0.4, -0.2) is 27.7 Å². The molecule has 0 aromatic carbocycles. The van der Waals surface area contributed by atoms with Gasteiger partial charge in [-0.15, -0.1) is 11.3 Å². The first-order chi connectivity index (χ1) is 9.26. The van der Waals surface area contributed by atoms with E-state index < -0.39 is 23.4 Å². The molecule has 108 valence electrons. The minimum Gasteiger partial charge on any atom is -0.480 e. The molecule has 0 saturated heterocycles. The molecule has 2 heterocycles. The molecule has 3 N–H and O–H groups in total. The van der Waals surface area contributed by atoms with Crippen LogP contribution >= 0.6 is 22.9 Å². The first-order valence-electron chi connectivity index (χ1n) is 5.95. The Kier molecular flexibility index (Phi) is 3.80. The molecule has 1 aliphatic rings. The van der Waals surface area contributed by atoms with Gasteiger partial charge in [0.05, 0.1) is 9.91 Å². The van der Waals surface area contributed by atoms with Crippen molar-refractivity contribution in [2.24, 2.45) is 0 Å². The van der Waals surface area contributed by atoms with Crippen LogP contribution in [0.5, 0.6) is 0 Å². The molecule has 2 unspecified atom stereocenters. The minimum atomic E-state index is -1.21. The fourth-order valence-electron chi connectivity index (χ4n) is 2.57. The van der Waals surface area contributed by atoms with Gasteiger partial charge in [-0.25, -0.2) is 9.59 Å². The third-order valence-electron chi connectivity index (χ3n) is 3.55. The molecule has 1 aromatic heterocycles. The predicted molar refractivity (Wildman–Crippen MR) is 76.2 cm³/mol. The number of nitrogens with one attached hydrogen (secondary N) is 1. The van der Waals surface area contributed by atoms with Crippen molar-refractivity contribution < 1.29 is 19.8 Å². The van der Waals surface area contributed by atoms with Gasteiger partial charge >= 0.3 is 11.9 Å². The zero-order valence-electron chi connectivity index (χ0n) is 10.9. The van der Waals surface area contributed by atoms with Crippen LogP contribution < -0.4 is 5.32 Å². The Hall–Kier alpha value is -1.53. The minimum absolute atomic E-state index is 0.137. The molecule has 1 aromatic rings. The monoisotopic (exact) mass is 315 g/mol. The van der Waals surface area contributed by atoms with Crippen molar-refractivity contribution in [3.63, 3.8) is 0 Å². The van der Waals surface area contributed by atoms with Gasteiger partial charge in [-0.2, -0.15) is 0 Å². The van der Waals surface area contributed by atoms with Gasteiger partial charge < -0.3 is 15.5 Å². The lowest BCUT2D eigenvalue weighted by Gasteiger charge is -2.37. The number of thiophene rings is 1. The molecular weight excluding hydrogens is 302 g/mol. The molecular formula is C13H14ClNO4S. The van der Waals surface area contributed by atoms with Crippen molar-refractivity contribution in [3.8, 4) is 0 Å². The van der Waals surface area contributed by atoms with Gasteiger partial charge in [0.15, 0.2) is 0 Å². The Morgan fingerprint density at radius 3 is 2.60 bits per heavy atom. The van der Waals surface area contributed by atoms with Gasteiger partial charge in [-0.05, 0) is 37.3 Å². The van der Waals surface area contributed by atoms with E-state index in [4.69, 9.17) is 11.6 Å². The van der Waals surface area contributed by atoms with Crippen LogP contribution in [0.15, 0.2) is 22.7 Å². The lowest BCUT2D eigenvalue weighted by molar-refractivity contribution is -0.145. The van der Waals surface area contributed by atoms with E-state index in [1.54, 1.807) is 25.3 Å². The summed E-state index contributed by atoms with van der Waals surface area (Å²) < 4.78 is 0.496. The van der Waals surface area contributed by atoms with Gasteiger partial charge in [0.25, 0.3) is 0 Å². The van der Waals surface area contributed by atoms with E-state index in [2.05, 4.69) is 5.32 Å². The molecule has 0 fully saturated rings. The molecule has 0 bridgehead atoms. The number of allylic oxidation sites excluding steroid dienone is 1. The lowest BCUT2D eigenvalue weighted by atomic mass is 9.77. The fourth-order valence-corrected chi connectivity index (χ4v) is 3.60. The average molecular weight is 316 g/mol. The van der Waals surface area contributed by atoms with Crippen molar-refractivity contribution >= 4 is 34.9 Å².